The minimum atomic E-state index is 0.0624. The van der Waals surface area contributed by atoms with Crippen molar-refractivity contribution in [2.75, 3.05) is 62.2 Å². The van der Waals surface area contributed by atoms with E-state index in [1.54, 1.807) is 23.7 Å². The molecule has 9 nitrogen and oxygen atoms in total. The second kappa shape index (κ2) is 10.3. The predicted octanol–water partition coefficient (Wildman–Crippen LogP) is 2.25. The van der Waals surface area contributed by atoms with Crippen molar-refractivity contribution in [3.05, 3.63) is 42.7 Å². The number of piperazine rings is 1. The maximum absolute atomic E-state index is 12.9. The lowest BCUT2D eigenvalue weighted by Gasteiger charge is -2.35. The fraction of sp³-hybridized carbons (Fsp3) is 0.458. The van der Waals surface area contributed by atoms with Gasteiger partial charge in [-0.05, 0) is 30.7 Å². The summed E-state index contributed by atoms with van der Waals surface area (Å²) >= 11 is 1.59. The third-order valence-corrected chi connectivity index (χ3v) is 7.47. The highest BCUT2D eigenvalue weighted by atomic mass is 32.1. The lowest BCUT2D eigenvalue weighted by Crippen LogP contribution is -2.49. The highest BCUT2D eigenvalue weighted by Crippen LogP contribution is 2.27. The second-order valence-electron chi connectivity index (χ2n) is 8.60. The van der Waals surface area contributed by atoms with E-state index in [9.17, 15) is 9.59 Å². The zero-order valence-corrected chi connectivity index (χ0v) is 20.0. The molecule has 2 aliphatic heterocycles. The topological polar surface area (TPSA) is 85.8 Å². The van der Waals surface area contributed by atoms with Gasteiger partial charge in [0.2, 0.25) is 11.8 Å². The van der Waals surface area contributed by atoms with Gasteiger partial charge in [-0.1, -0.05) is 17.4 Å². The first kappa shape index (κ1) is 22.5. The standard InChI is InChI=1S/C24H29N7O2S/c32-21(7-8-22(33)30-15-13-28(14-16-30)20-6-1-2-9-25-20)29-11-4-12-31(18-17-29)24-27-19-5-3-10-26-23(19)34-24/h1-3,5-6,9-10H,4,7-8,11-18H2. The molecule has 0 aliphatic carbocycles. The Morgan fingerprint density at radius 3 is 2.18 bits per heavy atom. The van der Waals surface area contributed by atoms with Crippen LogP contribution in [-0.4, -0.2) is 88.9 Å². The highest BCUT2D eigenvalue weighted by Gasteiger charge is 2.25. The van der Waals surface area contributed by atoms with E-state index in [2.05, 4.69) is 19.8 Å². The van der Waals surface area contributed by atoms with Crippen LogP contribution in [0.5, 0.6) is 0 Å². The van der Waals surface area contributed by atoms with Crippen molar-refractivity contribution >= 4 is 44.4 Å². The monoisotopic (exact) mass is 479 g/mol. The van der Waals surface area contributed by atoms with Gasteiger partial charge in [0, 0.05) is 77.6 Å². The lowest BCUT2D eigenvalue weighted by atomic mass is 10.2. The van der Waals surface area contributed by atoms with Gasteiger partial charge >= 0.3 is 0 Å². The van der Waals surface area contributed by atoms with Crippen molar-refractivity contribution in [1.82, 2.24) is 24.8 Å². The van der Waals surface area contributed by atoms with Crippen LogP contribution in [-0.2, 0) is 9.59 Å². The first-order valence-corrected chi connectivity index (χ1v) is 12.7. The summed E-state index contributed by atoms with van der Waals surface area (Å²) in [6.07, 6.45) is 5.00. The summed E-state index contributed by atoms with van der Waals surface area (Å²) in [4.78, 5) is 48.2. The van der Waals surface area contributed by atoms with Crippen LogP contribution < -0.4 is 9.80 Å². The molecule has 178 valence electrons. The Labute approximate surface area is 203 Å². The largest absolute Gasteiger partial charge is 0.353 e. The molecule has 2 saturated heterocycles. The van der Waals surface area contributed by atoms with Gasteiger partial charge in [-0.25, -0.2) is 15.0 Å². The molecule has 0 N–H and O–H groups in total. The second-order valence-corrected chi connectivity index (χ2v) is 9.56. The minimum absolute atomic E-state index is 0.0624. The van der Waals surface area contributed by atoms with Crippen molar-refractivity contribution in [3.63, 3.8) is 0 Å². The van der Waals surface area contributed by atoms with Gasteiger partial charge in [0.05, 0.1) is 0 Å². The molecule has 0 saturated carbocycles. The molecule has 5 rings (SSSR count). The van der Waals surface area contributed by atoms with Crippen molar-refractivity contribution in [1.29, 1.82) is 0 Å². The van der Waals surface area contributed by atoms with E-state index in [4.69, 9.17) is 4.98 Å². The molecular formula is C24H29N7O2S. The molecule has 5 heterocycles. The van der Waals surface area contributed by atoms with Crippen molar-refractivity contribution in [2.24, 2.45) is 0 Å². The van der Waals surface area contributed by atoms with E-state index >= 15 is 0 Å². The van der Waals surface area contributed by atoms with Crippen LogP contribution in [0.25, 0.3) is 10.3 Å². The van der Waals surface area contributed by atoms with Crippen molar-refractivity contribution in [3.8, 4) is 0 Å². The van der Waals surface area contributed by atoms with Crippen molar-refractivity contribution < 1.29 is 9.59 Å². The molecule has 0 atom stereocenters. The number of anilines is 2. The number of rotatable bonds is 5. The molecule has 0 radical (unpaired) electrons. The summed E-state index contributed by atoms with van der Waals surface area (Å²) in [5.41, 5.74) is 0.916. The van der Waals surface area contributed by atoms with Gasteiger partial charge in [0.25, 0.3) is 0 Å². The Balaban J connectivity index is 1.08. The molecule has 0 unspecified atom stereocenters. The van der Waals surface area contributed by atoms with Crippen LogP contribution in [0.3, 0.4) is 0 Å². The SMILES string of the molecule is O=C(CCC(=O)N1CCCN(c2nc3cccnc3s2)CC1)N1CCN(c2ccccn2)CC1. The zero-order valence-electron chi connectivity index (χ0n) is 19.2. The Bertz CT molecular complexity index is 1100. The Morgan fingerprint density at radius 1 is 0.765 bits per heavy atom. The average Bonchev–Trinajstić information content (AvgIpc) is 3.17. The van der Waals surface area contributed by atoms with Crippen LogP contribution in [0, 0.1) is 0 Å². The van der Waals surface area contributed by atoms with Crippen LogP contribution in [0.1, 0.15) is 19.3 Å². The molecule has 34 heavy (non-hydrogen) atoms. The predicted molar refractivity (Wildman–Crippen MR) is 133 cm³/mol. The number of carbonyl (C=O) groups excluding carboxylic acids is 2. The van der Waals surface area contributed by atoms with Gasteiger partial charge in [-0.15, -0.1) is 0 Å². The summed E-state index contributed by atoms with van der Waals surface area (Å²) in [5, 5.41) is 0.961. The van der Waals surface area contributed by atoms with Gasteiger partial charge in [-0.2, -0.15) is 0 Å². The molecule has 0 bridgehead atoms. The molecular weight excluding hydrogens is 450 g/mol. The fourth-order valence-electron chi connectivity index (χ4n) is 4.51. The molecule has 3 aromatic heterocycles. The highest BCUT2D eigenvalue weighted by molar-refractivity contribution is 7.21. The van der Waals surface area contributed by atoms with Crippen LogP contribution in [0.15, 0.2) is 42.7 Å². The molecule has 2 fully saturated rings. The Kier molecular flexibility index (Phi) is 6.84. The summed E-state index contributed by atoms with van der Waals surface area (Å²) in [6.45, 7) is 5.84. The minimum Gasteiger partial charge on any atom is -0.353 e. The van der Waals surface area contributed by atoms with E-state index in [1.807, 2.05) is 40.1 Å². The quantitative estimate of drug-likeness (QED) is 0.555. The third-order valence-electron chi connectivity index (χ3n) is 6.43. The molecule has 2 aliphatic rings. The number of amides is 2. The van der Waals surface area contributed by atoms with Crippen LogP contribution >= 0.6 is 11.3 Å². The molecule has 0 spiro atoms. The molecule has 0 aromatic carbocycles. The smallest absolute Gasteiger partial charge is 0.223 e. The molecule has 3 aromatic rings. The van der Waals surface area contributed by atoms with Gasteiger partial charge in [-0.3, -0.25) is 9.59 Å². The Hall–Kier alpha value is -3.27. The van der Waals surface area contributed by atoms with Crippen LogP contribution in [0.2, 0.25) is 0 Å². The summed E-state index contributed by atoms with van der Waals surface area (Å²) < 4.78 is 0. The number of hydrogen-bond donors (Lipinski definition) is 0. The van der Waals surface area contributed by atoms with E-state index in [0.29, 0.717) is 19.6 Å². The number of thiazole rings is 1. The van der Waals surface area contributed by atoms with Gasteiger partial charge in [0.1, 0.15) is 16.2 Å². The number of hydrogen-bond acceptors (Lipinski definition) is 8. The number of aromatic nitrogens is 3. The first-order valence-electron chi connectivity index (χ1n) is 11.9. The summed E-state index contributed by atoms with van der Waals surface area (Å²) in [6, 6.07) is 9.75. The zero-order chi connectivity index (χ0) is 23.3. The van der Waals surface area contributed by atoms with Gasteiger partial charge in [0.15, 0.2) is 5.13 Å². The van der Waals surface area contributed by atoms with E-state index in [1.165, 1.54) is 0 Å². The van der Waals surface area contributed by atoms with E-state index in [0.717, 1.165) is 60.4 Å². The number of nitrogens with zero attached hydrogens (tertiary/aromatic N) is 7. The average molecular weight is 480 g/mol. The normalized spacial score (nSPS) is 17.2. The summed E-state index contributed by atoms with van der Waals surface area (Å²) in [5.74, 6) is 1.07. The van der Waals surface area contributed by atoms with E-state index in [-0.39, 0.29) is 24.7 Å². The molecule has 2 amide bonds. The van der Waals surface area contributed by atoms with Crippen molar-refractivity contribution in [2.45, 2.75) is 19.3 Å². The number of pyridine rings is 2. The fourth-order valence-corrected chi connectivity index (χ4v) is 5.47. The lowest BCUT2D eigenvalue weighted by molar-refractivity contribution is -0.137. The third kappa shape index (κ3) is 5.11. The van der Waals surface area contributed by atoms with E-state index < -0.39 is 0 Å². The maximum Gasteiger partial charge on any atom is 0.223 e. The summed E-state index contributed by atoms with van der Waals surface area (Å²) in [7, 11) is 0. The van der Waals surface area contributed by atoms with Crippen LogP contribution in [0.4, 0.5) is 10.9 Å². The van der Waals surface area contributed by atoms with Gasteiger partial charge < -0.3 is 19.6 Å². The number of carbonyl (C=O) groups is 2. The maximum atomic E-state index is 12.9. The number of fused-ring (bicyclic) bond motifs is 1. The Morgan fingerprint density at radius 2 is 1.47 bits per heavy atom. The first-order chi connectivity index (χ1) is 16.7. The molecule has 10 heteroatoms.